The fourth-order valence-electron chi connectivity index (χ4n) is 2.18. The van der Waals surface area contributed by atoms with Crippen molar-refractivity contribution in [2.24, 2.45) is 5.10 Å². The predicted octanol–water partition coefficient (Wildman–Crippen LogP) is 2.09. The van der Waals surface area contributed by atoms with E-state index in [0.29, 0.717) is 0 Å². The first kappa shape index (κ1) is 13.3. The summed E-state index contributed by atoms with van der Waals surface area (Å²) in [6.45, 7) is 2.00. The van der Waals surface area contributed by atoms with Crippen LogP contribution in [0.15, 0.2) is 23.3 Å². The highest BCUT2D eigenvalue weighted by molar-refractivity contribution is 5.89. The molecular weight excluding hydrogens is 244 g/mol. The number of hydrogen-bond acceptors (Lipinski definition) is 5. The topological polar surface area (TPSA) is 62.0 Å². The Balaban J connectivity index is 2.37. The molecule has 0 radical (unpaired) electrons. The average Bonchev–Trinajstić information content (AvgIpc) is 2.89. The Kier molecular flexibility index (Phi) is 3.99. The molecule has 0 bridgehead atoms. The van der Waals surface area contributed by atoms with Crippen molar-refractivity contribution in [3.8, 4) is 0 Å². The summed E-state index contributed by atoms with van der Waals surface area (Å²) >= 11 is 0. The maximum Gasteiger partial charge on any atom is 0.270 e. The molecule has 1 aromatic carbocycles. The largest absolute Gasteiger partial charge is 0.371 e. The molecule has 0 aromatic heterocycles. The minimum atomic E-state index is -0.374. The molecule has 6 nitrogen and oxygen atoms in total. The molecule has 0 N–H and O–H groups in total. The van der Waals surface area contributed by atoms with E-state index in [4.69, 9.17) is 0 Å². The maximum atomic E-state index is 10.9. The van der Waals surface area contributed by atoms with E-state index in [-0.39, 0.29) is 10.6 Å². The van der Waals surface area contributed by atoms with Gasteiger partial charge in [-0.1, -0.05) is 0 Å². The summed E-state index contributed by atoms with van der Waals surface area (Å²) in [7, 11) is 3.65. The molecule has 1 aromatic rings. The Morgan fingerprint density at radius 3 is 2.63 bits per heavy atom. The number of anilines is 1. The third-order valence-corrected chi connectivity index (χ3v) is 3.10. The van der Waals surface area contributed by atoms with E-state index < -0.39 is 0 Å². The van der Waals surface area contributed by atoms with Crippen molar-refractivity contribution in [1.29, 1.82) is 0 Å². The van der Waals surface area contributed by atoms with E-state index in [1.165, 1.54) is 12.8 Å². The van der Waals surface area contributed by atoms with Gasteiger partial charge < -0.3 is 9.91 Å². The average molecular weight is 262 g/mol. The molecule has 0 spiro atoms. The van der Waals surface area contributed by atoms with E-state index in [0.717, 1.165) is 24.3 Å². The van der Waals surface area contributed by atoms with Crippen molar-refractivity contribution in [1.82, 2.24) is 5.01 Å². The van der Waals surface area contributed by atoms with Gasteiger partial charge >= 0.3 is 0 Å². The number of nitro benzene ring substituents is 1. The third kappa shape index (κ3) is 3.21. The maximum absolute atomic E-state index is 10.9. The molecule has 0 amide bonds. The number of benzene rings is 1. The fraction of sp³-hybridized carbons (Fsp3) is 0.462. The van der Waals surface area contributed by atoms with Gasteiger partial charge in [-0.2, -0.15) is 5.10 Å². The zero-order valence-electron chi connectivity index (χ0n) is 11.2. The summed E-state index contributed by atoms with van der Waals surface area (Å²) in [5, 5.41) is 16.7. The van der Waals surface area contributed by atoms with Gasteiger partial charge in [0.15, 0.2) is 0 Å². The molecule has 0 saturated carbocycles. The summed E-state index contributed by atoms with van der Waals surface area (Å²) < 4.78 is 0. The fourth-order valence-corrected chi connectivity index (χ4v) is 2.18. The molecule has 0 unspecified atom stereocenters. The quantitative estimate of drug-likeness (QED) is 0.473. The van der Waals surface area contributed by atoms with E-state index in [1.54, 1.807) is 23.4 Å². The zero-order valence-corrected chi connectivity index (χ0v) is 11.2. The lowest BCUT2D eigenvalue weighted by molar-refractivity contribution is -0.384. The predicted molar refractivity (Wildman–Crippen MR) is 75.8 cm³/mol. The van der Waals surface area contributed by atoms with Gasteiger partial charge in [-0.15, -0.1) is 0 Å². The van der Waals surface area contributed by atoms with Gasteiger partial charge in [-0.25, -0.2) is 0 Å². The van der Waals surface area contributed by atoms with Crippen LogP contribution in [0.4, 0.5) is 11.4 Å². The normalized spacial score (nSPS) is 15.2. The Hall–Kier alpha value is -2.11. The van der Waals surface area contributed by atoms with Crippen molar-refractivity contribution < 1.29 is 4.92 Å². The Morgan fingerprint density at radius 1 is 1.37 bits per heavy atom. The van der Waals surface area contributed by atoms with Crippen molar-refractivity contribution in [3.63, 3.8) is 0 Å². The number of nitro groups is 1. The molecule has 0 atom stereocenters. The number of hydrazone groups is 1. The van der Waals surface area contributed by atoms with E-state index >= 15 is 0 Å². The second-order valence-corrected chi connectivity index (χ2v) is 4.79. The first-order chi connectivity index (χ1) is 9.08. The first-order valence-electron chi connectivity index (χ1n) is 6.32. The molecular formula is C13H18N4O2. The smallest absolute Gasteiger partial charge is 0.270 e. The molecule has 2 rings (SSSR count). The SMILES string of the molecule is CN(C)N=Cc1cc([N+](=O)[O-])ccc1N1CCCC1. The van der Waals surface area contributed by atoms with Crippen LogP contribution < -0.4 is 4.90 Å². The molecule has 6 heteroatoms. The first-order valence-corrected chi connectivity index (χ1v) is 6.32. The molecule has 102 valence electrons. The second kappa shape index (κ2) is 5.69. The van der Waals surface area contributed by atoms with Crippen LogP contribution in [0.25, 0.3) is 0 Å². The van der Waals surface area contributed by atoms with Crippen LogP contribution in [0, 0.1) is 10.1 Å². The summed E-state index contributed by atoms with van der Waals surface area (Å²) in [6.07, 6.45) is 4.02. The van der Waals surface area contributed by atoms with Crippen LogP contribution in [0.1, 0.15) is 18.4 Å². The van der Waals surface area contributed by atoms with Crippen LogP contribution in [0.2, 0.25) is 0 Å². The Morgan fingerprint density at radius 2 is 2.05 bits per heavy atom. The van der Waals surface area contributed by atoms with Gasteiger partial charge in [0.1, 0.15) is 0 Å². The Labute approximate surface area is 112 Å². The molecule has 1 saturated heterocycles. The van der Waals surface area contributed by atoms with Gasteiger partial charge in [0.25, 0.3) is 5.69 Å². The van der Waals surface area contributed by atoms with Crippen LogP contribution in [-0.2, 0) is 0 Å². The molecule has 1 heterocycles. The number of non-ortho nitro benzene ring substituents is 1. The summed E-state index contributed by atoms with van der Waals surface area (Å²) in [5.41, 5.74) is 1.92. The minimum absolute atomic E-state index is 0.100. The lowest BCUT2D eigenvalue weighted by Crippen LogP contribution is -2.19. The van der Waals surface area contributed by atoms with Crippen molar-refractivity contribution in [2.45, 2.75) is 12.8 Å². The standard InChI is InChI=1S/C13H18N4O2/c1-15(2)14-10-11-9-12(17(18)19)5-6-13(11)16-7-3-4-8-16/h5-6,9-10H,3-4,7-8H2,1-2H3. The minimum Gasteiger partial charge on any atom is -0.371 e. The highest BCUT2D eigenvalue weighted by atomic mass is 16.6. The molecule has 1 aliphatic heterocycles. The Bertz CT molecular complexity index is 493. The third-order valence-electron chi connectivity index (χ3n) is 3.10. The molecule has 0 aliphatic carbocycles. The highest BCUT2D eigenvalue weighted by Crippen LogP contribution is 2.27. The number of rotatable bonds is 4. The van der Waals surface area contributed by atoms with E-state index in [2.05, 4.69) is 10.0 Å². The number of hydrogen-bond donors (Lipinski definition) is 0. The number of nitrogens with zero attached hydrogens (tertiary/aromatic N) is 4. The van der Waals surface area contributed by atoms with Gasteiger partial charge in [0, 0.05) is 50.6 Å². The molecule has 1 aliphatic rings. The van der Waals surface area contributed by atoms with Crippen LogP contribution in [0.5, 0.6) is 0 Å². The summed E-state index contributed by atoms with van der Waals surface area (Å²) in [4.78, 5) is 12.7. The zero-order chi connectivity index (χ0) is 13.8. The van der Waals surface area contributed by atoms with Crippen molar-refractivity contribution >= 4 is 17.6 Å². The van der Waals surface area contributed by atoms with Gasteiger partial charge in [-0.3, -0.25) is 10.1 Å². The van der Waals surface area contributed by atoms with Gasteiger partial charge in [0.05, 0.1) is 11.1 Å². The van der Waals surface area contributed by atoms with E-state index in [1.807, 2.05) is 20.2 Å². The summed E-state index contributed by atoms with van der Waals surface area (Å²) in [5.74, 6) is 0. The van der Waals surface area contributed by atoms with Crippen LogP contribution in [0.3, 0.4) is 0 Å². The van der Waals surface area contributed by atoms with Gasteiger partial charge in [-0.05, 0) is 18.9 Å². The summed E-state index contributed by atoms with van der Waals surface area (Å²) in [6, 6.07) is 4.96. The highest BCUT2D eigenvalue weighted by Gasteiger charge is 2.17. The lowest BCUT2D eigenvalue weighted by atomic mass is 10.1. The van der Waals surface area contributed by atoms with Crippen LogP contribution in [-0.4, -0.2) is 43.3 Å². The lowest BCUT2D eigenvalue weighted by Gasteiger charge is -2.19. The second-order valence-electron chi connectivity index (χ2n) is 4.79. The van der Waals surface area contributed by atoms with E-state index in [9.17, 15) is 10.1 Å². The van der Waals surface area contributed by atoms with Crippen LogP contribution >= 0.6 is 0 Å². The van der Waals surface area contributed by atoms with Gasteiger partial charge in [0.2, 0.25) is 0 Å². The van der Waals surface area contributed by atoms with Crippen molar-refractivity contribution in [3.05, 3.63) is 33.9 Å². The molecule has 19 heavy (non-hydrogen) atoms. The van der Waals surface area contributed by atoms with Crippen molar-refractivity contribution in [2.75, 3.05) is 32.1 Å². The monoisotopic (exact) mass is 262 g/mol. The molecule has 1 fully saturated rings.